The van der Waals surface area contributed by atoms with Crippen LogP contribution in [0.3, 0.4) is 0 Å². The van der Waals surface area contributed by atoms with E-state index in [0.29, 0.717) is 48.7 Å². The summed E-state index contributed by atoms with van der Waals surface area (Å²) in [7, 11) is 0. The summed E-state index contributed by atoms with van der Waals surface area (Å²) < 4.78 is 32.1. The Morgan fingerprint density at radius 1 is 1.09 bits per heavy atom. The van der Waals surface area contributed by atoms with Gasteiger partial charge in [-0.25, -0.2) is 4.79 Å². The number of rotatable bonds is 6. The first-order valence-corrected chi connectivity index (χ1v) is 19.5. The zero-order valence-electron chi connectivity index (χ0n) is 32.2. The van der Waals surface area contributed by atoms with Gasteiger partial charge in [0.2, 0.25) is 0 Å². The van der Waals surface area contributed by atoms with Gasteiger partial charge in [0.1, 0.15) is 23.7 Å². The summed E-state index contributed by atoms with van der Waals surface area (Å²) in [5.74, 6) is -4.27. The maximum Gasteiger partial charge on any atom is 0.335 e. The van der Waals surface area contributed by atoms with Gasteiger partial charge in [-0.2, -0.15) is 0 Å². The molecule has 0 radical (unpaired) electrons. The highest BCUT2D eigenvalue weighted by Crippen LogP contribution is 2.48. The van der Waals surface area contributed by atoms with Crippen molar-refractivity contribution in [2.75, 3.05) is 6.61 Å². The molecule has 11 nitrogen and oxygen atoms in total. The topological polar surface area (TPSA) is 158 Å². The number of ether oxygens (including phenoxy) is 5. The van der Waals surface area contributed by atoms with Crippen LogP contribution in [-0.4, -0.2) is 87.8 Å². The number of carbonyl (C=O) groups excluding carboxylic acids is 2. The predicted octanol–water partition coefficient (Wildman–Crippen LogP) is 6.02. The number of allylic oxidation sites excluding steroid dienone is 2. The van der Waals surface area contributed by atoms with E-state index in [2.05, 4.69) is 20.8 Å². The molecule has 294 valence electrons. The Hall–Kier alpha value is -3.61. The number of carboxylic acids is 1. The minimum absolute atomic E-state index is 0.0100. The number of aliphatic hydroxyl groups excluding tert-OH is 1. The van der Waals surface area contributed by atoms with E-state index in [9.17, 15) is 29.7 Å². The highest BCUT2D eigenvalue weighted by Gasteiger charge is 2.61. The number of hydrogen-bond donors (Lipinski definition) is 3. The van der Waals surface area contributed by atoms with Crippen molar-refractivity contribution in [3.8, 4) is 0 Å². The molecule has 5 aliphatic rings. The van der Waals surface area contributed by atoms with Crippen molar-refractivity contribution in [3.63, 3.8) is 0 Å². The van der Waals surface area contributed by atoms with E-state index < -0.39 is 59.6 Å². The van der Waals surface area contributed by atoms with Crippen molar-refractivity contribution in [1.82, 2.24) is 0 Å². The third-order valence-corrected chi connectivity index (χ3v) is 12.3. The van der Waals surface area contributed by atoms with Gasteiger partial charge < -0.3 is 39.0 Å². The lowest BCUT2D eigenvalue weighted by molar-refractivity contribution is -0.340. The van der Waals surface area contributed by atoms with E-state index in [1.165, 1.54) is 6.07 Å². The molecule has 1 unspecified atom stereocenters. The summed E-state index contributed by atoms with van der Waals surface area (Å²) in [4.78, 5) is 39.6. The van der Waals surface area contributed by atoms with Crippen LogP contribution in [0.5, 0.6) is 0 Å². The fraction of sp³-hybridized carbons (Fsp3) is 0.605. The van der Waals surface area contributed by atoms with Crippen LogP contribution in [0.1, 0.15) is 96.0 Å². The molecule has 1 spiro atoms. The molecule has 1 aromatic carbocycles. The number of benzene rings is 1. The standard InChI is InChI=1S/C43H56O11/c1-7-24(2)37-27(5)17-18-42(54-37)22-32-21-31(53-42)16-15-26(4)36(45)25(3)11-10-13-30-23-50-39-38(28(6)19-34(41(48)51-32)43(30,39)49)52-35(44)20-29-12-8-9-14-33(29)40(46)47/h8-15,19,24-25,27,31-32,34,36-39,45,49H,7,16-18,20-23H2,1-6H3,(H,46,47)/b11-10+,26-15+,30-13+/t24-,25-,27-,31+,32-,34?,36-,37+,38+,39+,42+,43+/m0/s1. The summed E-state index contributed by atoms with van der Waals surface area (Å²) in [5.41, 5.74) is 0.0268. The van der Waals surface area contributed by atoms with Crippen molar-refractivity contribution in [3.05, 3.63) is 82.5 Å². The van der Waals surface area contributed by atoms with Crippen molar-refractivity contribution in [2.24, 2.45) is 23.7 Å². The fourth-order valence-electron chi connectivity index (χ4n) is 8.91. The molecule has 3 fully saturated rings. The third kappa shape index (κ3) is 8.02. The molecule has 6 rings (SSSR count). The van der Waals surface area contributed by atoms with Gasteiger partial charge in [0.05, 0.1) is 36.9 Å². The number of aromatic carboxylic acids is 1. The lowest BCUT2D eigenvalue weighted by Crippen LogP contribution is -2.59. The molecule has 11 heteroatoms. The largest absolute Gasteiger partial charge is 0.478 e. The van der Waals surface area contributed by atoms with Crippen LogP contribution in [0.15, 0.2) is 71.4 Å². The Morgan fingerprint density at radius 2 is 1.85 bits per heavy atom. The molecule has 3 saturated heterocycles. The molecule has 0 saturated carbocycles. The minimum atomic E-state index is -1.94. The van der Waals surface area contributed by atoms with Gasteiger partial charge in [0.15, 0.2) is 11.9 Å². The zero-order valence-corrected chi connectivity index (χ0v) is 32.2. The summed E-state index contributed by atoms with van der Waals surface area (Å²) in [6.45, 7) is 12.0. The average molecular weight is 749 g/mol. The Kier molecular flexibility index (Phi) is 12.0. The summed E-state index contributed by atoms with van der Waals surface area (Å²) in [6.07, 6.45) is 8.37. The molecule has 3 N–H and O–H groups in total. The SMILES string of the molecule is CC[C@H](C)[C@H]1O[C@]2(CC[C@@H]1C)C[C@@H]1C[C@@H](C/C=C(\C)[C@@H](O)[C@@H](C)/C=C/C=C3\CO[C@@H]4[C@H](OC(=O)Cc5ccccc5C(=O)O)C(C)=CC(C(=O)O1)[C@]34O)O2. The molecule has 4 heterocycles. The highest BCUT2D eigenvalue weighted by molar-refractivity contribution is 5.91. The first kappa shape index (κ1) is 40.1. The van der Waals surface area contributed by atoms with E-state index in [-0.39, 0.29) is 42.3 Å². The molecule has 0 amide bonds. The van der Waals surface area contributed by atoms with E-state index in [1.807, 2.05) is 26.0 Å². The van der Waals surface area contributed by atoms with Crippen LogP contribution in [0, 0.1) is 23.7 Å². The third-order valence-electron chi connectivity index (χ3n) is 12.3. The van der Waals surface area contributed by atoms with E-state index >= 15 is 0 Å². The monoisotopic (exact) mass is 748 g/mol. The molecule has 4 aliphatic heterocycles. The van der Waals surface area contributed by atoms with Gasteiger partial charge in [-0.3, -0.25) is 9.59 Å². The summed E-state index contributed by atoms with van der Waals surface area (Å²) in [5, 5.41) is 33.6. The second-order valence-electron chi connectivity index (χ2n) is 16.2. The van der Waals surface area contributed by atoms with Gasteiger partial charge in [-0.1, -0.05) is 82.7 Å². The zero-order chi connectivity index (χ0) is 38.9. The Morgan fingerprint density at radius 3 is 2.59 bits per heavy atom. The van der Waals surface area contributed by atoms with Crippen LogP contribution < -0.4 is 0 Å². The van der Waals surface area contributed by atoms with Crippen LogP contribution in [0.2, 0.25) is 0 Å². The maximum atomic E-state index is 14.5. The average Bonchev–Trinajstić information content (AvgIpc) is 3.47. The molecule has 12 atom stereocenters. The number of carbonyl (C=O) groups is 3. The Bertz CT molecular complexity index is 1710. The predicted molar refractivity (Wildman–Crippen MR) is 199 cm³/mol. The second kappa shape index (κ2) is 16.2. The number of esters is 2. The fourth-order valence-corrected chi connectivity index (χ4v) is 8.91. The molecule has 1 aromatic rings. The van der Waals surface area contributed by atoms with Crippen molar-refractivity contribution >= 4 is 17.9 Å². The number of carboxylic acid groups (broad SMARTS) is 1. The first-order chi connectivity index (χ1) is 25.7. The first-order valence-electron chi connectivity index (χ1n) is 19.5. The molecule has 54 heavy (non-hydrogen) atoms. The van der Waals surface area contributed by atoms with Crippen molar-refractivity contribution < 1.29 is 53.4 Å². The number of aliphatic hydroxyl groups is 2. The van der Waals surface area contributed by atoms with Crippen LogP contribution in [0.25, 0.3) is 0 Å². The lowest BCUT2D eigenvalue weighted by Gasteiger charge is -2.51. The van der Waals surface area contributed by atoms with E-state index in [0.717, 1.165) is 18.4 Å². The van der Waals surface area contributed by atoms with Crippen LogP contribution >= 0.6 is 0 Å². The van der Waals surface area contributed by atoms with Gasteiger partial charge in [0, 0.05) is 25.2 Å². The highest BCUT2D eigenvalue weighted by atomic mass is 16.7. The lowest BCUT2D eigenvalue weighted by atomic mass is 9.70. The maximum absolute atomic E-state index is 14.5. The van der Waals surface area contributed by atoms with Gasteiger partial charge >= 0.3 is 17.9 Å². The van der Waals surface area contributed by atoms with Crippen molar-refractivity contribution in [1.29, 1.82) is 0 Å². The minimum Gasteiger partial charge on any atom is -0.478 e. The van der Waals surface area contributed by atoms with Gasteiger partial charge in [0.25, 0.3) is 0 Å². The molecule has 1 aliphatic carbocycles. The van der Waals surface area contributed by atoms with E-state index in [4.69, 9.17) is 23.7 Å². The smallest absolute Gasteiger partial charge is 0.335 e. The number of hydrogen-bond acceptors (Lipinski definition) is 10. The van der Waals surface area contributed by atoms with E-state index in [1.54, 1.807) is 43.4 Å². The molecular weight excluding hydrogens is 692 g/mol. The summed E-state index contributed by atoms with van der Waals surface area (Å²) in [6, 6.07) is 6.20. The molecular formula is C43H56O11. The van der Waals surface area contributed by atoms with Crippen molar-refractivity contribution in [2.45, 2.75) is 135 Å². The van der Waals surface area contributed by atoms with Crippen LogP contribution in [-0.2, 0) is 39.7 Å². The Labute approximate surface area is 318 Å². The number of fused-ring (bicyclic) bond motifs is 2. The van der Waals surface area contributed by atoms with Crippen LogP contribution in [0.4, 0.5) is 0 Å². The molecule has 0 aromatic heterocycles. The molecule has 2 bridgehead atoms. The summed E-state index contributed by atoms with van der Waals surface area (Å²) >= 11 is 0. The van der Waals surface area contributed by atoms with Gasteiger partial charge in [-0.05, 0) is 66.9 Å². The van der Waals surface area contributed by atoms with Gasteiger partial charge in [-0.15, -0.1) is 0 Å². The normalized spacial score (nSPS) is 40.2. The second-order valence-corrected chi connectivity index (χ2v) is 16.2. The quantitative estimate of drug-likeness (QED) is 0.231. The Balaban J connectivity index is 1.34.